The number of nitrogens with zero attached hydrogens (tertiary/aromatic N) is 1. The summed E-state index contributed by atoms with van der Waals surface area (Å²) in [7, 11) is 3.86. The van der Waals surface area contributed by atoms with E-state index in [-0.39, 0.29) is 0 Å². The Bertz CT molecular complexity index is 756. The number of rotatable bonds is 6. The summed E-state index contributed by atoms with van der Waals surface area (Å²) in [5, 5.41) is 0. The molecule has 0 fully saturated rings. The van der Waals surface area contributed by atoms with Crippen molar-refractivity contribution in [3.8, 4) is 5.75 Å². The minimum absolute atomic E-state index is 0.930. The number of benzene rings is 2. The second kappa shape index (κ2) is 7.39. The summed E-state index contributed by atoms with van der Waals surface area (Å²) in [5.74, 6) is 0.930. The molecule has 1 aliphatic carbocycles. The Morgan fingerprint density at radius 2 is 1.88 bits per heavy atom. The highest BCUT2D eigenvalue weighted by Crippen LogP contribution is 2.29. The van der Waals surface area contributed by atoms with Gasteiger partial charge in [-0.3, -0.25) is 0 Å². The highest BCUT2D eigenvalue weighted by molar-refractivity contribution is 5.70. The van der Waals surface area contributed by atoms with E-state index >= 15 is 0 Å². The van der Waals surface area contributed by atoms with E-state index in [1.807, 2.05) is 6.07 Å². The molecule has 2 aromatic carbocycles. The van der Waals surface area contributed by atoms with Gasteiger partial charge in [-0.2, -0.15) is 0 Å². The Morgan fingerprint density at radius 3 is 2.58 bits per heavy atom. The van der Waals surface area contributed by atoms with Crippen LogP contribution in [-0.2, 0) is 6.42 Å². The molecule has 2 aromatic rings. The molecule has 0 unspecified atom stereocenters. The zero-order valence-electron chi connectivity index (χ0n) is 14.8. The van der Waals surface area contributed by atoms with Gasteiger partial charge in [-0.05, 0) is 59.4 Å². The molecule has 0 radical (unpaired) electrons. The van der Waals surface area contributed by atoms with Crippen LogP contribution in [0.3, 0.4) is 0 Å². The smallest absolute Gasteiger partial charge is 0.119 e. The third-order valence-corrected chi connectivity index (χ3v) is 4.47. The average Bonchev–Trinajstić information content (AvgIpc) is 3.02. The standard InChI is InChI=1S/C22H25NO/c1-4-13-23(2)21-10-7-17(8-11-21)5-6-18-14-19-9-12-22(24-3)16-20(19)15-18/h5-12,14,16H,4,13,15H2,1-3H3/b6-5+. The van der Waals surface area contributed by atoms with Crippen LogP contribution in [0.2, 0.25) is 0 Å². The molecule has 124 valence electrons. The van der Waals surface area contributed by atoms with Crippen LogP contribution in [0.4, 0.5) is 5.69 Å². The Morgan fingerprint density at radius 1 is 1.08 bits per heavy atom. The van der Waals surface area contributed by atoms with E-state index in [9.17, 15) is 0 Å². The van der Waals surface area contributed by atoms with Crippen LogP contribution < -0.4 is 9.64 Å². The summed E-state index contributed by atoms with van der Waals surface area (Å²) in [6.45, 7) is 3.29. The highest BCUT2D eigenvalue weighted by atomic mass is 16.5. The molecule has 0 bridgehead atoms. The molecule has 0 spiro atoms. The Labute approximate surface area is 145 Å². The molecule has 0 saturated heterocycles. The number of fused-ring (bicyclic) bond motifs is 1. The zero-order valence-corrected chi connectivity index (χ0v) is 14.8. The molecule has 1 aliphatic rings. The van der Waals surface area contributed by atoms with Crippen molar-refractivity contribution in [1.29, 1.82) is 0 Å². The van der Waals surface area contributed by atoms with Gasteiger partial charge in [0.05, 0.1) is 7.11 Å². The Kier molecular flexibility index (Phi) is 5.05. The van der Waals surface area contributed by atoms with E-state index in [4.69, 9.17) is 4.74 Å². The van der Waals surface area contributed by atoms with Crippen molar-refractivity contribution >= 4 is 17.8 Å². The summed E-state index contributed by atoms with van der Waals surface area (Å²) >= 11 is 0. The molecule has 24 heavy (non-hydrogen) atoms. The van der Waals surface area contributed by atoms with Gasteiger partial charge in [0.1, 0.15) is 5.75 Å². The van der Waals surface area contributed by atoms with Crippen LogP contribution >= 0.6 is 0 Å². The largest absolute Gasteiger partial charge is 0.497 e. The first-order chi connectivity index (χ1) is 11.7. The molecule has 0 amide bonds. The second-order valence-electron chi connectivity index (χ2n) is 6.31. The van der Waals surface area contributed by atoms with Gasteiger partial charge in [0.15, 0.2) is 0 Å². The number of hydrogen-bond acceptors (Lipinski definition) is 2. The SMILES string of the molecule is CCCN(C)c1ccc(/C=C/C2=Cc3ccc(OC)cc3C2)cc1. The first kappa shape index (κ1) is 16.4. The molecule has 3 rings (SSSR count). The van der Waals surface area contributed by atoms with Crippen molar-refractivity contribution < 1.29 is 4.74 Å². The molecule has 0 atom stereocenters. The van der Waals surface area contributed by atoms with E-state index in [0.717, 1.165) is 25.1 Å². The zero-order chi connectivity index (χ0) is 16.9. The summed E-state index contributed by atoms with van der Waals surface area (Å²) < 4.78 is 5.31. The van der Waals surface area contributed by atoms with Crippen molar-refractivity contribution in [3.63, 3.8) is 0 Å². The Hall–Kier alpha value is -2.48. The third-order valence-electron chi connectivity index (χ3n) is 4.47. The molecule has 0 N–H and O–H groups in total. The lowest BCUT2D eigenvalue weighted by atomic mass is 10.1. The van der Waals surface area contributed by atoms with Gasteiger partial charge < -0.3 is 9.64 Å². The number of anilines is 1. The first-order valence-electron chi connectivity index (χ1n) is 8.56. The quantitative estimate of drug-likeness (QED) is 0.726. The number of ether oxygens (including phenoxy) is 1. The van der Waals surface area contributed by atoms with Gasteiger partial charge in [-0.1, -0.05) is 43.4 Å². The van der Waals surface area contributed by atoms with E-state index in [1.165, 1.54) is 28.0 Å². The average molecular weight is 319 g/mol. The summed E-state index contributed by atoms with van der Waals surface area (Å²) in [5.41, 5.74) is 6.48. The van der Waals surface area contributed by atoms with E-state index in [1.54, 1.807) is 7.11 Å². The fourth-order valence-electron chi connectivity index (χ4n) is 3.09. The molecule has 2 nitrogen and oxygen atoms in total. The first-order valence-corrected chi connectivity index (χ1v) is 8.56. The van der Waals surface area contributed by atoms with Gasteiger partial charge in [0.2, 0.25) is 0 Å². The predicted octanol–water partition coefficient (Wildman–Crippen LogP) is 5.19. The maximum atomic E-state index is 5.31. The van der Waals surface area contributed by atoms with Gasteiger partial charge in [-0.25, -0.2) is 0 Å². The monoisotopic (exact) mass is 319 g/mol. The fourth-order valence-corrected chi connectivity index (χ4v) is 3.09. The number of methoxy groups -OCH3 is 1. The lowest BCUT2D eigenvalue weighted by molar-refractivity contribution is 0.414. The summed E-state index contributed by atoms with van der Waals surface area (Å²) in [4.78, 5) is 2.29. The van der Waals surface area contributed by atoms with Crippen LogP contribution in [0.5, 0.6) is 5.75 Å². The van der Waals surface area contributed by atoms with E-state index in [0.29, 0.717) is 0 Å². The number of hydrogen-bond donors (Lipinski definition) is 0. The lowest BCUT2D eigenvalue weighted by Crippen LogP contribution is -2.17. The van der Waals surface area contributed by atoms with Crippen LogP contribution in [0.25, 0.3) is 12.2 Å². The summed E-state index contributed by atoms with van der Waals surface area (Å²) in [6.07, 6.45) is 8.81. The van der Waals surface area contributed by atoms with E-state index in [2.05, 4.69) is 73.5 Å². The topological polar surface area (TPSA) is 12.5 Å². The molecule has 0 heterocycles. The van der Waals surface area contributed by atoms with E-state index < -0.39 is 0 Å². The third kappa shape index (κ3) is 3.70. The minimum atomic E-state index is 0.930. The molecule has 0 saturated carbocycles. The van der Waals surface area contributed by atoms with Crippen molar-refractivity contribution in [2.24, 2.45) is 0 Å². The van der Waals surface area contributed by atoms with Gasteiger partial charge in [-0.15, -0.1) is 0 Å². The normalized spacial score (nSPS) is 13.0. The minimum Gasteiger partial charge on any atom is -0.497 e. The molecule has 2 heteroatoms. The maximum absolute atomic E-state index is 5.31. The highest BCUT2D eigenvalue weighted by Gasteiger charge is 2.11. The molecular formula is C22H25NO. The van der Waals surface area contributed by atoms with Gasteiger partial charge in [0.25, 0.3) is 0 Å². The predicted molar refractivity (Wildman–Crippen MR) is 104 cm³/mol. The molecule has 0 aliphatic heterocycles. The summed E-state index contributed by atoms with van der Waals surface area (Å²) in [6, 6.07) is 15.0. The molecular weight excluding hydrogens is 294 g/mol. The second-order valence-corrected chi connectivity index (χ2v) is 6.31. The van der Waals surface area contributed by atoms with Crippen molar-refractivity contribution in [3.05, 3.63) is 70.8 Å². The lowest BCUT2D eigenvalue weighted by Gasteiger charge is -2.18. The van der Waals surface area contributed by atoms with Crippen molar-refractivity contribution in [2.75, 3.05) is 25.6 Å². The van der Waals surface area contributed by atoms with Crippen molar-refractivity contribution in [2.45, 2.75) is 19.8 Å². The fraction of sp³-hybridized carbons (Fsp3) is 0.273. The van der Waals surface area contributed by atoms with Crippen LogP contribution in [-0.4, -0.2) is 20.7 Å². The van der Waals surface area contributed by atoms with Gasteiger partial charge in [0, 0.05) is 19.3 Å². The Balaban J connectivity index is 1.67. The van der Waals surface area contributed by atoms with Crippen molar-refractivity contribution in [1.82, 2.24) is 0 Å². The maximum Gasteiger partial charge on any atom is 0.119 e. The van der Waals surface area contributed by atoms with Crippen LogP contribution in [0.15, 0.2) is 54.1 Å². The van der Waals surface area contributed by atoms with Crippen LogP contribution in [0, 0.1) is 0 Å². The molecule has 0 aromatic heterocycles. The number of allylic oxidation sites excluding steroid dienone is 2. The van der Waals surface area contributed by atoms with Gasteiger partial charge >= 0.3 is 0 Å². The van der Waals surface area contributed by atoms with Crippen LogP contribution in [0.1, 0.15) is 30.0 Å².